The Morgan fingerprint density at radius 1 is 0.889 bits per heavy atom. The maximum absolute atomic E-state index is 13.9. The SMILES string of the molecule is CC[C@H](C)[C@H](NC(=O)OC)C(=O)N1C[C@@H](C#N)C[C@H]1c1ncc(-c2ccc3cc(-c4ccc(C5CNC([C@@H]6CC7(CC7)CN6C(=O)[C@@H](NC(=O)OC)C(C)C)N5)cc4)ccc3c2)[nH]1. The molecule has 2 unspecified atom stereocenters. The van der Waals surface area contributed by atoms with Crippen molar-refractivity contribution in [2.75, 3.05) is 33.9 Å². The van der Waals surface area contributed by atoms with Crippen molar-refractivity contribution in [1.82, 2.24) is 41.0 Å². The van der Waals surface area contributed by atoms with Crippen molar-refractivity contribution in [2.24, 2.45) is 23.2 Å². The standard InChI is InChI=1S/C48H59N9O6/c1-7-28(4)41(55-47(61)63-6)45(59)56-25-29(22-49)18-38(56)42-50-24-37(53-42)35-15-14-33-19-32(12-13-34(33)20-35)30-8-10-31(11-9-30)36-23-51-43(52-36)39-21-48(16-17-48)26-57(39)44(58)40(27(2)3)54-46(60)62-5/h8-15,19-20,24,27-29,36,38-41,43,51-52H,7,16-18,21,23,25-26H2,1-6H3,(H,50,53)(H,54,60)(H,55,61)/t28-,29+,36?,38-,39-,40-,41-,43?/m0/s1. The van der Waals surface area contributed by atoms with E-state index in [4.69, 9.17) is 14.5 Å². The average molecular weight is 858 g/mol. The van der Waals surface area contributed by atoms with Crippen molar-refractivity contribution < 1.29 is 28.7 Å². The number of benzene rings is 3. The maximum Gasteiger partial charge on any atom is 0.407 e. The average Bonchev–Trinajstić information content (AvgIpc) is 3.80. The molecule has 5 N–H and O–H groups in total. The second-order valence-electron chi connectivity index (χ2n) is 18.3. The molecule has 4 aromatic rings. The van der Waals surface area contributed by atoms with Crippen LogP contribution in [0.4, 0.5) is 9.59 Å². The molecule has 3 saturated heterocycles. The Morgan fingerprint density at radius 2 is 1.52 bits per heavy atom. The van der Waals surface area contributed by atoms with Crippen LogP contribution in [-0.2, 0) is 19.1 Å². The zero-order valence-corrected chi connectivity index (χ0v) is 36.9. The molecule has 1 saturated carbocycles. The lowest BCUT2D eigenvalue weighted by molar-refractivity contribution is -0.136. The zero-order valence-electron chi connectivity index (χ0n) is 36.9. The summed E-state index contributed by atoms with van der Waals surface area (Å²) in [4.78, 5) is 64.0. The van der Waals surface area contributed by atoms with Gasteiger partial charge in [0.2, 0.25) is 11.8 Å². The third-order valence-electron chi connectivity index (χ3n) is 13.9. The molecule has 15 nitrogen and oxygen atoms in total. The number of methoxy groups -OCH3 is 2. The van der Waals surface area contributed by atoms with E-state index in [-0.39, 0.29) is 59.8 Å². The zero-order chi connectivity index (χ0) is 44.6. The van der Waals surface area contributed by atoms with Crippen molar-refractivity contribution >= 4 is 34.8 Å². The summed E-state index contributed by atoms with van der Waals surface area (Å²) in [7, 11) is 2.59. The van der Waals surface area contributed by atoms with Gasteiger partial charge >= 0.3 is 12.2 Å². The van der Waals surface area contributed by atoms with Crippen LogP contribution in [0, 0.1) is 34.5 Å². The molecule has 3 aliphatic heterocycles. The van der Waals surface area contributed by atoms with Gasteiger partial charge in [0.05, 0.1) is 56.3 Å². The molecule has 15 heteroatoms. The summed E-state index contributed by atoms with van der Waals surface area (Å²) in [6, 6.07) is 21.9. The van der Waals surface area contributed by atoms with E-state index in [0.29, 0.717) is 25.2 Å². The molecule has 1 spiro atoms. The lowest BCUT2D eigenvalue weighted by Gasteiger charge is -2.33. The Hall–Kier alpha value is -5.98. The number of amides is 4. The first kappa shape index (κ1) is 43.7. The molecule has 4 heterocycles. The Bertz CT molecular complexity index is 2390. The van der Waals surface area contributed by atoms with Gasteiger partial charge in [0.15, 0.2) is 0 Å². The normalized spacial score (nSPS) is 23.9. The molecule has 63 heavy (non-hydrogen) atoms. The smallest absolute Gasteiger partial charge is 0.407 e. The van der Waals surface area contributed by atoms with Gasteiger partial charge in [-0.3, -0.25) is 20.2 Å². The predicted molar refractivity (Wildman–Crippen MR) is 238 cm³/mol. The Morgan fingerprint density at radius 3 is 2.16 bits per heavy atom. The maximum atomic E-state index is 13.9. The quantitative estimate of drug-likeness (QED) is 0.106. The Kier molecular flexibility index (Phi) is 12.5. The van der Waals surface area contributed by atoms with Gasteiger partial charge in [0.1, 0.15) is 17.9 Å². The lowest BCUT2D eigenvalue weighted by atomic mass is 9.97. The molecule has 1 aromatic heterocycles. The van der Waals surface area contributed by atoms with E-state index < -0.39 is 30.3 Å². The highest BCUT2D eigenvalue weighted by Crippen LogP contribution is 2.55. The number of imidazole rings is 1. The summed E-state index contributed by atoms with van der Waals surface area (Å²) in [6.07, 6.45) is 4.73. The topological polar surface area (TPSA) is 194 Å². The number of nitriles is 1. The van der Waals surface area contributed by atoms with Crippen LogP contribution in [0.25, 0.3) is 33.2 Å². The first-order chi connectivity index (χ1) is 30.3. The molecule has 0 bridgehead atoms. The summed E-state index contributed by atoms with van der Waals surface area (Å²) in [5.74, 6) is -0.292. The number of likely N-dealkylation sites (tertiary alicyclic amines) is 2. The van der Waals surface area contributed by atoms with Crippen LogP contribution in [0.3, 0.4) is 0 Å². The number of H-pyrrole nitrogens is 1. The molecule has 332 valence electrons. The molecule has 3 aromatic carbocycles. The molecule has 4 aliphatic rings. The molecular weight excluding hydrogens is 799 g/mol. The van der Waals surface area contributed by atoms with E-state index in [0.717, 1.165) is 59.0 Å². The predicted octanol–water partition coefficient (Wildman–Crippen LogP) is 6.40. The summed E-state index contributed by atoms with van der Waals surface area (Å²) in [6.45, 7) is 9.47. The number of nitrogens with zero attached hydrogens (tertiary/aromatic N) is 4. The second-order valence-corrected chi connectivity index (χ2v) is 18.3. The van der Waals surface area contributed by atoms with Crippen LogP contribution in [0.1, 0.15) is 83.3 Å². The fourth-order valence-corrected chi connectivity index (χ4v) is 9.73. The van der Waals surface area contributed by atoms with Gasteiger partial charge in [0, 0.05) is 31.2 Å². The number of nitrogens with one attached hydrogen (secondary N) is 5. The van der Waals surface area contributed by atoms with Gasteiger partial charge in [-0.25, -0.2) is 14.6 Å². The van der Waals surface area contributed by atoms with Gasteiger partial charge in [-0.2, -0.15) is 5.26 Å². The molecule has 8 rings (SSSR count). The largest absolute Gasteiger partial charge is 0.453 e. The fourth-order valence-electron chi connectivity index (χ4n) is 9.73. The molecule has 1 aliphatic carbocycles. The number of carbonyl (C=O) groups is 4. The van der Waals surface area contributed by atoms with Gasteiger partial charge in [-0.05, 0) is 82.5 Å². The van der Waals surface area contributed by atoms with Crippen LogP contribution < -0.4 is 21.3 Å². The van der Waals surface area contributed by atoms with Gasteiger partial charge in [0.25, 0.3) is 0 Å². The molecule has 0 radical (unpaired) electrons. The lowest BCUT2D eigenvalue weighted by Crippen LogP contribution is -2.57. The van der Waals surface area contributed by atoms with Crippen LogP contribution >= 0.6 is 0 Å². The van der Waals surface area contributed by atoms with E-state index in [1.54, 1.807) is 11.1 Å². The molecule has 4 amide bonds. The van der Waals surface area contributed by atoms with Crippen molar-refractivity contribution in [3.63, 3.8) is 0 Å². The van der Waals surface area contributed by atoms with Crippen molar-refractivity contribution in [3.05, 3.63) is 78.2 Å². The minimum Gasteiger partial charge on any atom is -0.453 e. The van der Waals surface area contributed by atoms with Crippen LogP contribution in [0.15, 0.2) is 66.9 Å². The van der Waals surface area contributed by atoms with Crippen LogP contribution in [0.5, 0.6) is 0 Å². The Labute approximate surface area is 368 Å². The van der Waals surface area contributed by atoms with Crippen LogP contribution in [-0.4, -0.2) is 102 Å². The second kappa shape index (κ2) is 18.0. The Balaban J connectivity index is 0.933. The molecular formula is C48H59N9O6. The number of fused-ring (bicyclic) bond motifs is 1. The van der Waals surface area contributed by atoms with E-state index in [9.17, 15) is 24.4 Å². The number of hydrogen-bond donors (Lipinski definition) is 5. The monoisotopic (exact) mass is 857 g/mol. The highest BCUT2D eigenvalue weighted by atomic mass is 16.5. The number of carbonyl (C=O) groups excluding carboxylic acids is 4. The number of aromatic amines is 1. The van der Waals surface area contributed by atoms with Crippen molar-refractivity contribution in [2.45, 2.75) is 96.2 Å². The molecule has 8 atom stereocenters. The number of ether oxygens (including phenoxy) is 2. The number of hydrogen-bond acceptors (Lipinski definition) is 10. The highest BCUT2D eigenvalue weighted by Gasteiger charge is 2.56. The van der Waals surface area contributed by atoms with E-state index in [1.807, 2.05) is 32.6 Å². The van der Waals surface area contributed by atoms with Crippen LogP contribution in [0.2, 0.25) is 0 Å². The highest BCUT2D eigenvalue weighted by molar-refractivity contribution is 5.91. The van der Waals surface area contributed by atoms with Crippen molar-refractivity contribution in [1.29, 1.82) is 5.26 Å². The van der Waals surface area contributed by atoms with Gasteiger partial charge < -0.3 is 34.9 Å². The van der Waals surface area contributed by atoms with E-state index in [2.05, 4.69) is 93.0 Å². The fraction of sp³-hybridized carbons (Fsp3) is 0.500. The number of rotatable bonds is 12. The minimum absolute atomic E-state index is 0.0190. The molecule has 4 fully saturated rings. The van der Waals surface area contributed by atoms with Gasteiger partial charge in [-0.1, -0.05) is 82.6 Å². The van der Waals surface area contributed by atoms with Gasteiger partial charge in [-0.15, -0.1) is 0 Å². The summed E-state index contributed by atoms with van der Waals surface area (Å²) < 4.78 is 9.65. The number of alkyl carbamates (subject to hydrolysis) is 2. The first-order valence-electron chi connectivity index (χ1n) is 22.2. The number of aromatic nitrogens is 2. The summed E-state index contributed by atoms with van der Waals surface area (Å²) in [5, 5.41) is 25.0. The third kappa shape index (κ3) is 8.97. The third-order valence-corrected chi connectivity index (χ3v) is 13.9. The summed E-state index contributed by atoms with van der Waals surface area (Å²) >= 11 is 0. The van der Waals surface area contributed by atoms with E-state index in [1.165, 1.54) is 19.8 Å². The first-order valence-corrected chi connectivity index (χ1v) is 22.2. The van der Waals surface area contributed by atoms with Crippen molar-refractivity contribution in [3.8, 4) is 28.5 Å². The minimum atomic E-state index is -0.791. The van der Waals surface area contributed by atoms with E-state index >= 15 is 0 Å². The summed E-state index contributed by atoms with van der Waals surface area (Å²) in [5.41, 5.74) is 5.31.